The molecule has 4 aliphatic rings. The molecule has 2 amide bonds. The van der Waals surface area contributed by atoms with Crippen molar-refractivity contribution in [1.82, 2.24) is 10.2 Å². The number of ether oxygens (including phenoxy) is 1. The lowest BCUT2D eigenvalue weighted by atomic mass is 9.82. The summed E-state index contributed by atoms with van der Waals surface area (Å²) in [6, 6.07) is -0.105. The monoisotopic (exact) mass is 334 g/mol. The summed E-state index contributed by atoms with van der Waals surface area (Å²) in [5, 5.41) is 3.09. The van der Waals surface area contributed by atoms with Gasteiger partial charge in [0.25, 0.3) is 0 Å². The van der Waals surface area contributed by atoms with Crippen molar-refractivity contribution in [1.29, 1.82) is 0 Å². The van der Waals surface area contributed by atoms with E-state index < -0.39 is 11.8 Å². The van der Waals surface area contributed by atoms with Crippen molar-refractivity contribution in [2.75, 3.05) is 6.61 Å². The normalized spacial score (nSPS) is 37.1. The van der Waals surface area contributed by atoms with Gasteiger partial charge in [-0.1, -0.05) is 26.2 Å². The molecule has 1 saturated heterocycles. The minimum Gasteiger partial charge on any atom is -0.353 e. The quantitative estimate of drug-likeness (QED) is 0.863. The number of nitrogens with zero attached hydrogens (tertiary/aromatic N) is 1. The molecule has 134 valence electrons. The lowest BCUT2D eigenvalue weighted by Crippen LogP contribution is -2.58. The second-order valence-corrected chi connectivity index (χ2v) is 8.45. The van der Waals surface area contributed by atoms with Crippen LogP contribution in [0.2, 0.25) is 0 Å². The molecule has 3 atom stereocenters. The third-order valence-corrected chi connectivity index (χ3v) is 6.36. The summed E-state index contributed by atoms with van der Waals surface area (Å²) in [5.74, 6) is 0.814. The Labute approximate surface area is 144 Å². The van der Waals surface area contributed by atoms with Crippen molar-refractivity contribution in [3.63, 3.8) is 0 Å². The summed E-state index contributed by atoms with van der Waals surface area (Å²) in [6.07, 6.45) is 10.4. The molecule has 0 bridgehead atoms. The van der Waals surface area contributed by atoms with Gasteiger partial charge in [-0.15, -0.1) is 0 Å². The maximum atomic E-state index is 13.3. The molecule has 5 nitrogen and oxygen atoms in total. The van der Waals surface area contributed by atoms with Crippen LogP contribution in [-0.2, 0) is 14.3 Å². The molecule has 1 N–H and O–H groups in total. The molecule has 1 heterocycles. The van der Waals surface area contributed by atoms with Crippen LogP contribution in [-0.4, -0.2) is 41.1 Å². The highest BCUT2D eigenvalue weighted by Gasteiger charge is 2.55. The van der Waals surface area contributed by atoms with Crippen LogP contribution in [0.4, 0.5) is 0 Å². The smallest absolute Gasteiger partial charge is 0.245 e. The van der Waals surface area contributed by atoms with E-state index in [9.17, 15) is 9.59 Å². The Morgan fingerprint density at radius 1 is 1.08 bits per heavy atom. The van der Waals surface area contributed by atoms with Crippen LogP contribution in [0, 0.1) is 11.8 Å². The molecular formula is C19H30N2O3. The molecular weight excluding hydrogens is 304 g/mol. The fourth-order valence-electron chi connectivity index (χ4n) is 4.93. The van der Waals surface area contributed by atoms with Crippen LogP contribution >= 0.6 is 0 Å². The summed E-state index contributed by atoms with van der Waals surface area (Å²) in [6.45, 7) is 2.60. The molecule has 4 fully saturated rings. The van der Waals surface area contributed by atoms with Crippen molar-refractivity contribution in [3.8, 4) is 0 Å². The second kappa shape index (κ2) is 6.32. The van der Waals surface area contributed by atoms with Gasteiger partial charge in [0.15, 0.2) is 0 Å². The molecule has 1 spiro atoms. The Kier molecular flexibility index (Phi) is 4.31. The number of carbonyl (C=O) groups excluding carboxylic acids is 2. The SMILES string of the molecule is C[C@@H]1CCC[C@@]2(C1)OC[C@@H](C(=O)NC1CC1)N2C(=O)C1CCCC1. The highest BCUT2D eigenvalue weighted by atomic mass is 16.5. The molecule has 0 aromatic rings. The van der Waals surface area contributed by atoms with Gasteiger partial charge in [0.1, 0.15) is 11.8 Å². The van der Waals surface area contributed by atoms with Gasteiger partial charge in [-0.25, -0.2) is 0 Å². The van der Waals surface area contributed by atoms with Gasteiger partial charge in [-0.3, -0.25) is 14.5 Å². The first-order valence-electron chi connectivity index (χ1n) is 9.86. The highest BCUT2D eigenvalue weighted by molar-refractivity contribution is 5.90. The first-order valence-corrected chi connectivity index (χ1v) is 9.86. The van der Waals surface area contributed by atoms with Crippen LogP contribution in [0.5, 0.6) is 0 Å². The van der Waals surface area contributed by atoms with E-state index in [1.165, 1.54) is 6.42 Å². The van der Waals surface area contributed by atoms with Crippen LogP contribution in [0.1, 0.15) is 71.1 Å². The number of rotatable bonds is 3. The van der Waals surface area contributed by atoms with E-state index in [1.54, 1.807) is 0 Å². The number of carbonyl (C=O) groups is 2. The Morgan fingerprint density at radius 2 is 1.83 bits per heavy atom. The van der Waals surface area contributed by atoms with Crippen LogP contribution in [0.3, 0.4) is 0 Å². The third kappa shape index (κ3) is 2.96. The molecule has 24 heavy (non-hydrogen) atoms. The summed E-state index contributed by atoms with van der Waals surface area (Å²) in [7, 11) is 0. The zero-order valence-corrected chi connectivity index (χ0v) is 14.8. The van der Waals surface area contributed by atoms with Crippen molar-refractivity contribution in [3.05, 3.63) is 0 Å². The minimum absolute atomic E-state index is 0.000974. The van der Waals surface area contributed by atoms with Gasteiger partial charge in [-0.05, 0) is 50.9 Å². The minimum atomic E-state index is -0.525. The number of hydrogen-bond donors (Lipinski definition) is 1. The Balaban J connectivity index is 1.58. The largest absolute Gasteiger partial charge is 0.353 e. The van der Waals surface area contributed by atoms with E-state index in [0.29, 0.717) is 18.6 Å². The molecule has 0 aromatic carbocycles. The van der Waals surface area contributed by atoms with Crippen molar-refractivity contribution in [2.24, 2.45) is 11.8 Å². The molecule has 3 saturated carbocycles. The van der Waals surface area contributed by atoms with Gasteiger partial charge in [-0.2, -0.15) is 0 Å². The van der Waals surface area contributed by atoms with Crippen molar-refractivity contribution >= 4 is 11.8 Å². The Hall–Kier alpha value is -1.10. The van der Waals surface area contributed by atoms with E-state index in [4.69, 9.17) is 4.74 Å². The fraction of sp³-hybridized carbons (Fsp3) is 0.895. The Morgan fingerprint density at radius 3 is 2.50 bits per heavy atom. The average Bonchev–Trinajstić information content (AvgIpc) is 3.08. The average molecular weight is 334 g/mol. The van der Waals surface area contributed by atoms with E-state index in [2.05, 4.69) is 12.2 Å². The van der Waals surface area contributed by atoms with Crippen LogP contribution < -0.4 is 5.32 Å². The number of hydrogen-bond acceptors (Lipinski definition) is 3. The van der Waals surface area contributed by atoms with Gasteiger partial charge in [0.05, 0.1) is 6.61 Å². The van der Waals surface area contributed by atoms with Gasteiger partial charge in [0, 0.05) is 12.0 Å². The molecule has 1 aliphatic heterocycles. The van der Waals surface area contributed by atoms with Gasteiger partial charge < -0.3 is 10.1 Å². The van der Waals surface area contributed by atoms with Crippen LogP contribution in [0.25, 0.3) is 0 Å². The van der Waals surface area contributed by atoms with E-state index >= 15 is 0 Å². The predicted molar refractivity (Wildman–Crippen MR) is 90.1 cm³/mol. The maximum Gasteiger partial charge on any atom is 0.245 e. The van der Waals surface area contributed by atoms with Crippen molar-refractivity contribution in [2.45, 2.75) is 88.9 Å². The number of nitrogens with one attached hydrogen (secondary N) is 1. The van der Waals surface area contributed by atoms with E-state index in [1.807, 2.05) is 4.90 Å². The molecule has 0 unspecified atom stereocenters. The second-order valence-electron chi connectivity index (χ2n) is 8.45. The molecule has 0 radical (unpaired) electrons. The number of amides is 2. The Bertz CT molecular complexity index is 513. The molecule has 3 aliphatic carbocycles. The topological polar surface area (TPSA) is 58.6 Å². The standard InChI is InChI=1S/C19H30N2O3/c1-13-5-4-10-19(11-13)21(18(23)14-6-2-3-7-14)16(12-24-19)17(22)20-15-8-9-15/h13-16H,2-12H2,1H3,(H,20,22)/t13-,16+,19+/m1/s1. The van der Waals surface area contributed by atoms with Gasteiger partial charge >= 0.3 is 0 Å². The maximum absolute atomic E-state index is 13.3. The van der Waals surface area contributed by atoms with E-state index in [-0.39, 0.29) is 17.7 Å². The lowest BCUT2D eigenvalue weighted by molar-refractivity contribution is -0.166. The summed E-state index contributed by atoms with van der Waals surface area (Å²) in [5.41, 5.74) is -0.525. The highest BCUT2D eigenvalue weighted by Crippen LogP contribution is 2.44. The van der Waals surface area contributed by atoms with Gasteiger partial charge in [0.2, 0.25) is 11.8 Å². The summed E-state index contributed by atoms with van der Waals surface area (Å²) < 4.78 is 6.23. The fourth-order valence-corrected chi connectivity index (χ4v) is 4.93. The first-order chi connectivity index (χ1) is 11.6. The lowest BCUT2D eigenvalue weighted by Gasteiger charge is -2.44. The molecule has 4 rings (SSSR count). The van der Waals surface area contributed by atoms with Crippen LogP contribution in [0.15, 0.2) is 0 Å². The predicted octanol–water partition coefficient (Wildman–Crippen LogP) is 2.59. The van der Waals surface area contributed by atoms with Crippen molar-refractivity contribution < 1.29 is 14.3 Å². The zero-order valence-electron chi connectivity index (χ0n) is 14.8. The molecule has 0 aromatic heterocycles. The summed E-state index contributed by atoms with van der Waals surface area (Å²) >= 11 is 0. The van der Waals surface area contributed by atoms with E-state index in [0.717, 1.165) is 57.8 Å². The third-order valence-electron chi connectivity index (χ3n) is 6.36. The summed E-state index contributed by atoms with van der Waals surface area (Å²) in [4.78, 5) is 28.0. The first kappa shape index (κ1) is 16.4. The zero-order chi connectivity index (χ0) is 16.7. The molecule has 5 heteroatoms.